The third-order valence-corrected chi connectivity index (χ3v) is 2.01. The Morgan fingerprint density at radius 1 is 1.33 bits per heavy atom. The molecule has 1 saturated heterocycles. The fourth-order valence-corrected chi connectivity index (χ4v) is 1.42. The second-order valence-electron chi connectivity index (χ2n) is 2.90. The summed E-state index contributed by atoms with van der Waals surface area (Å²) >= 11 is 0. The fraction of sp³-hybridized carbons (Fsp3) is 1.00. The van der Waals surface area contributed by atoms with Crippen molar-refractivity contribution in [1.29, 1.82) is 0 Å². The van der Waals surface area contributed by atoms with Crippen LogP contribution in [0.2, 0.25) is 5.82 Å². The van der Waals surface area contributed by atoms with E-state index >= 15 is 0 Å². The molecule has 0 N–H and O–H groups in total. The number of rotatable bonds is 5. The summed E-state index contributed by atoms with van der Waals surface area (Å²) in [6.07, 6.45) is 1.06. The predicted molar refractivity (Wildman–Crippen MR) is 48.2 cm³/mol. The van der Waals surface area contributed by atoms with Crippen LogP contribution in [0.4, 0.5) is 0 Å². The SMILES string of the molecule is CCOB(OCC)C1CCOC1. The van der Waals surface area contributed by atoms with E-state index in [1.807, 2.05) is 13.8 Å². The molecule has 0 aromatic heterocycles. The van der Waals surface area contributed by atoms with Gasteiger partial charge in [0.25, 0.3) is 0 Å². The predicted octanol–water partition coefficient (Wildman–Crippen LogP) is 1.34. The summed E-state index contributed by atoms with van der Waals surface area (Å²) in [7, 11) is -0.0532. The van der Waals surface area contributed by atoms with Crippen LogP contribution in [0.1, 0.15) is 20.3 Å². The minimum Gasteiger partial charge on any atom is -0.411 e. The van der Waals surface area contributed by atoms with Gasteiger partial charge in [0.05, 0.1) is 0 Å². The molecule has 0 aromatic carbocycles. The van der Waals surface area contributed by atoms with E-state index in [0.29, 0.717) is 19.0 Å². The van der Waals surface area contributed by atoms with Gasteiger partial charge in [-0.1, -0.05) is 0 Å². The molecule has 0 aliphatic carbocycles. The van der Waals surface area contributed by atoms with Crippen molar-refractivity contribution in [3.05, 3.63) is 0 Å². The van der Waals surface area contributed by atoms with E-state index in [4.69, 9.17) is 14.0 Å². The van der Waals surface area contributed by atoms with E-state index in [1.54, 1.807) is 0 Å². The zero-order valence-electron chi connectivity index (χ0n) is 7.91. The van der Waals surface area contributed by atoms with Crippen LogP contribution in [-0.2, 0) is 14.0 Å². The molecule has 1 aliphatic heterocycles. The van der Waals surface area contributed by atoms with Gasteiger partial charge in [0.1, 0.15) is 0 Å². The van der Waals surface area contributed by atoms with Gasteiger partial charge in [-0.05, 0) is 20.3 Å². The zero-order valence-corrected chi connectivity index (χ0v) is 7.91. The van der Waals surface area contributed by atoms with Crippen LogP contribution in [0.15, 0.2) is 0 Å². The molecule has 70 valence electrons. The molecular weight excluding hydrogens is 155 g/mol. The van der Waals surface area contributed by atoms with Gasteiger partial charge in [0, 0.05) is 32.2 Å². The lowest BCUT2D eigenvalue weighted by Gasteiger charge is -2.16. The Morgan fingerprint density at radius 2 is 2.00 bits per heavy atom. The largest absolute Gasteiger partial charge is 0.462 e. The van der Waals surface area contributed by atoms with Crippen LogP contribution in [-0.4, -0.2) is 33.5 Å². The summed E-state index contributed by atoms with van der Waals surface area (Å²) in [5.74, 6) is 0.435. The molecule has 0 saturated carbocycles. The Morgan fingerprint density at radius 3 is 2.42 bits per heavy atom. The second-order valence-corrected chi connectivity index (χ2v) is 2.90. The zero-order chi connectivity index (χ0) is 8.81. The lowest BCUT2D eigenvalue weighted by atomic mass is 9.71. The molecule has 1 unspecified atom stereocenters. The van der Waals surface area contributed by atoms with Crippen molar-refractivity contribution in [3.63, 3.8) is 0 Å². The average Bonchev–Trinajstić information content (AvgIpc) is 2.56. The van der Waals surface area contributed by atoms with E-state index in [9.17, 15) is 0 Å². The summed E-state index contributed by atoms with van der Waals surface area (Å²) in [4.78, 5) is 0. The van der Waals surface area contributed by atoms with E-state index in [2.05, 4.69) is 0 Å². The van der Waals surface area contributed by atoms with E-state index < -0.39 is 0 Å². The first-order valence-corrected chi connectivity index (χ1v) is 4.69. The molecule has 1 aliphatic rings. The first kappa shape index (κ1) is 10.0. The number of ether oxygens (including phenoxy) is 1. The molecule has 12 heavy (non-hydrogen) atoms. The normalized spacial score (nSPS) is 23.0. The molecule has 0 spiro atoms. The topological polar surface area (TPSA) is 27.7 Å². The smallest absolute Gasteiger partial charge is 0.411 e. The minimum atomic E-state index is -0.0532. The quantitative estimate of drug-likeness (QED) is 0.585. The van der Waals surface area contributed by atoms with E-state index in [0.717, 1.165) is 19.6 Å². The molecular formula is C8H17BO3. The molecule has 1 atom stereocenters. The molecule has 4 heteroatoms. The number of hydrogen-bond acceptors (Lipinski definition) is 3. The second kappa shape index (κ2) is 5.57. The van der Waals surface area contributed by atoms with Crippen LogP contribution in [0.3, 0.4) is 0 Å². The third kappa shape index (κ3) is 2.77. The highest BCUT2D eigenvalue weighted by molar-refractivity contribution is 6.46. The Labute approximate surface area is 74.5 Å². The van der Waals surface area contributed by atoms with Gasteiger partial charge in [0.15, 0.2) is 0 Å². The van der Waals surface area contributed by atoms with Crippen LogP contribution in [0.5, 0.6) is 0 Å². The van der Waals surface area contributed by atoms with Crippen LogP contribution < -0.4 is 0 Å². The van der Waals surface area contributed by atoms with Crippen LogP contribution >= 0.6 is 0 Å². The maximum absolute atomic E-state index is 5.46. The Kier molecular flexibility index (Phi) is 4.65. The lowest BCUT2D eigenvalue weighted by molar-refractivity contribution is 0.178. The molecule has 0 amide bonds. The van der Waals surface area contributed by atoms with Crippen molar-refractivity contribution in [2.24, 2.45) is 0 Å². The molecule has 0 radical (unpaired) electrons. The fourth-order valence-electron chi connectivity index (χ4n) is 1.42. The van der Waals surface area contributed by atoms with E-state index in [1.165, 1.54) is 0 Å². The monoisotopic (exact) mass is 172 g/mol. The maximum Gasteiger partial charge on any atom is 0.462 e. The van der Waals surface area contributed by atoms with Gasteiger partial charge >= 0.3 is 7.12 Å². The Balaban J connectivity index is 2.29. The molecule has 1 fully saturated rings. The maximum atomic E-state index is 5.46. The highest BCUT2D eigenvalue weighted by atomic mass is 16.6. The minimum absolute atomic E-state index is 0.0532. The summed E-state index contributed by atoms with van der Waals surface area (Å²) in [5, 5.41) is 0. The number of hydrogen-bond donors (Lipinski definition) is 0. The summed E-state index contributed by atoms with van der Waals surface area (Å²) in [6, 6.07) is 0. The first-order valence-electron chi connectivity index (χ1n) is 4.69. The van der Waals surface area contributed by atoms with Crippen LogP contribution in [0.25, 0.3) is 0 Å². The van der Waals surface area contributed by atoms with Gasteiger partial charge in [-0.2, -0.15) is 0 Å². The van der Waals surface area contributed by atoms with Gasteiger partial charge in [-0.25, -0.2) is 0 Å². The summed E-state index contributed by atoms with van der Waals surface area (Å²) in [5.41, 5.74) is 0. The summed E-state index contributed by atoms with van der Waals surface area (Å²) < 4.78 is 16.2. The Bertz CT molecular complexity index is 109. The molecule has 0 bridgehead atoms. The van der Waals surface area contributed by atoms with Gasteiger partial charge in [0.2, 0.25) is 0 Å². The van der Waals surface area contributed by atoms with Gasteiger partial charge in [-0.15, -0.1) is 0 Å². The van der Waals surface area contributed by atoms with Crippen molar-refractivity contribution >= 4 is 7.12 Å². The summed E-state index contributed by atoms with van der Waals surface area (Å²) in [6.45, 7) is 7.03. The molecule has 1 rings (SSSR count). The highest BCUT2D eigenvalue weighted by Crippen LogP contribution is 2.23. The van der Waals surface area contributed by atoms with Crippen molar-refractivity contribution in [1.82, 2.24) is 0 Å². The van der Waals surface area contributed by atoms with Crippen molar-refractivity contribution in [3.8, 4) is 0 Å². The van der Waals surface area contributed by atoms with E-state index in [-0.39, 0.29) is 7.12 Å². The van der Waals surface area contributed by atoms with Crippen molar-refractivity contribution in [2.75, 3.05) is 26.4 Å². The van der Waals surface area contributed by atoms with Crippen LogP contribution in [0, 0.1) is 0 Å². The van der Waals surface area contributed by atoms with Crippen molar-refractivity contribution in [2.45, 2.75) is 26.1 Å². The third-order valence-electron chi connectivity index (χ3n) is 2.01. The molecule has 3 nitrogen and oxygen atoms in total. The average molecular weight is 172 g/mol. The van der Waals surface area contributed by atoms with Crippen molar-refractivity contribution < 1.29 is 14.0 Å². The first-order chi connectivity index (χ1) is 5.88. The Hall–Kier alpha value is -0.0551. The lowest BCUT2D eigenvalue weighted by Crippen LogP contribution is -2.29. The van der Waals surface area contributed by atoms with Gasteiger partial charge in [-0.3, -0.25) is 0 Å². The highest BCUT2D eigenvalue weighted by Gasteiger charge is 2.32. The molecule has 1 heterocycles. The van der Waals surface area contributed by atoms with Gasteiger partial charge < -0.3 is 14.0 Å². The standard InChI is InChI=1S/C8H17BO3/c1-3-11-9(12-4-2)8-5-6-10-7-8/h8H,3-7H2,1-2H3. The molecule has 0 aromatic rings.